The van der Waals surface area contributed by atoms with Crippen LogP contribution in [-0.4, -0.2) is 29.4 Å². The quantitative estimate of drug-likeness (QED) is 0.344. The van der Waals surface area contributed by atoms with Crippen molar-refractivity contribution in [3.63, 3.8) is 0 Å². The molecule has 3 nitrogen and oxygen atoms in total. The Morgan fingerprint density at radius 3 is 2.38 bits per heavy atom. The Morgan fingerprint density at radius 1 is 1.23 bits per heavy atom. The maximum Gasteiger partial charge on any atom is 0.433 e. The molecule has 0 aliphatic heterocycles. The summed E-state index contributed by atoms with van der Waals surface area (Å²) in [6, 6.07) is 8.68. The number of nitrogens with zero attached hydrogens (tertiary/aromatic N) is 1. The molecule has 140 valence electrons. The van der Waals surface area contributed by atoms with E-state index in [-0.39, 0.29) is 22.0 Å². The predicted octanol–water partition coefficient (Wildman–Crippen LogP) is 4.76. The number of aryl methyl sites for hydroxylation is 1. The molecule has 0 saturated carbocycles. The van der Waals surface area contributed by atoms with Gasteiger partial charge in [0.2, 0.25) is 5.75 Å². The molecule has 1 N–H and O–H groups in total. The summed E-state index contributed by atoms with van der Waals surface area (Å²) in [6.45, 7) is 1.40. The molecule has 2 aromatic rings. The van der Waals surface area contributed by atoms with Crippen molar-refractivity contribution in [2.24, 2.45) is 4.99 Å². The van der Waals surface area contributed by atoms with Gasteiger partial charge in [-0.1, -0.05) is 11.6 Å². The van der Waals surface area contributed by atoms with E-state index in [1.807, 2.05) is 0 Å². The first-order valence-corrected chi connectivity index (χ1v) is 9.08. The zero-order chi connectivity index (χ0) is 19.5. The van der Waals surface area contributed by atoms with Crippen molar-refractivity contribution in [3.05, 3.63) is 58.4 Å². The van der Waals surface area contributed by atoms with E-state index in [9.17, 15) is 22.1 Å². The van der Waals surface area contributed by atoms with Crippen LogP contribution in [-0.2, 0) is 11.2 Å². The number of nitrogens with one attached hydrogen (secondary N) is 1. The highest BCUT2D eigenvalue weighted by atomic mass is 35.5. The molecule has 0 bridgehead atoms. The first-order valence-electron chi connectivity index (χ1n) is 7.38. The Bertz CT molecular complexity index is 810. The molecular weight excluding hydrogens is 392 g/mol. The highest BCUT2D eigenvalue weighted by molar-refractivity contribution is 7.91. The molecule has 0 spiro atoms. The van der Waals surface area contributed by atoms with E-state index in [2.05, 4.69) is 10.3 Å². The standard InChI is InChI=1S/C17H15ClF4N2OS/c1-10-7-13(19)14(8-15(10)26(25)9-17(20,21)22)24-16(23-2)11-3-5-12(18)6-4-11/h3-8H,9H2,1-2H3,(H,23,24). The minimum absolute atomic E-state index is 0.103. The van der Waals surface area contributed by atoms with Crippen molar-refractivity contribution in [1.82, 2.24) is 5.32 Å². The van der Waals surface area contributed by atoms with Crippen LogP contribution in [0.2, 0.25) is 5.02 Å². The topological polar surface area (TPSA) is 47.5 Å². The minimum Gasteiger partial charge on any atom is -0.611 e. The Balaban J connectivity index is 2.45. The van der Waals surface area contributed by atoms with E-state index in [1.165, 1.54) is 6.92 Å². The summed E-state index contributed by atoms with van der Waals surface area (Å²) in [6.07, 6.45) is -4.59. The van der Waals surface area contributed by atoms with Crippen molar-refractivity contribution < 1.29 is 22.1 Å². The van der Waals surface area contributed by atoms with E-state index in [0.29, 0.717) is 10.6 Å². The molecule has 1 atom stereocenters. The molecule has 0 aromatic heterocycles. The Hall–Kier alpha value is -1.77. The summed E-state index contributed by atoms with van der Waals surface area (Å²) in [5.41, 5.74) is 0.566. The van der Waals surface area contributed by atoms with Crippen LogP contribution in [0.25, 0.3) is 0 Å². The Kier molecular flexibility index (Phi) is 6.54. The zero-order valence-corrected chi connectivity index (χ0v) is 15.4. The molecule has 2 rings (SSSR count). The SMILES string of the molecule is CN/C(=N\c1cc([S+]([O-])CC(F)(F)F)c(C)cc1F)c1ccc(Cl)cc1. The maximum atomic E-state index is 14.2. The Labute approximate surface area is 156 Å². The second kappa shape index (κ2) is 8.28. The summed E-state index contributed by atoms with van der Waals surface area (Å²) in [4.78, 5) is 4.03. The number of hydrogen-bond donors (Lipinski definition) is 1. The number of alkyl halides is 3. The fourth-order valence-corrected chi connectivity index (χ4v) is 3.43. The van der Waals surface area contributed by atoms with Crippen molar-refractivity contribution in [3.8, 4) is 0 Å². The van der Waals surface area contributed by atoms with Gasteiger partial charge >= 0.3 is 6.18 Å². The van der Waals surface area contributed by atoms with Gasteiger partial charge in [-0.25, -0.2) is 9.38 Å². The average Bonchev–Trinajstić information content (AvgIpc) is 2.53. The number of rotatable bonds is 4. The van der Waals surface area contributed by atoms with E-state index in [1.54, 1.807) is 31.3 Å². The van der Waals surface area contributed by atoms with Crippen LogP contribution >= 0.6 is 11.6 Å². The van der Waals surface area contributed by atoms with Crippen molar-refractivity contribution in [1.29, 1.82) is 0 Å². The lowest BCUT2D eigenvalue weighted by atomic mass is 10.2. The van der Waals surface area contributed by atoms with Gasteiger partial charge < -0.3 is 9.87 Å². The van der Waals surface area contributed by atoms with Crippen molar-refractivity contribution in [2.45, 2.75) is 18.0 Å². The molecule has 0 fully saturated rings. The van der Waals surface area contributed by atoms with Crippen molar-refractivity contribution >= 4 is 34.3 Å². The summed E-state index contributed by atoms with van der Waals surface area (Å²) in [7, 11) is 1.57. The molecule has 0 radical (unpaired) electrons. The maximum absolute atomic E-state index is 14.2. The van der Waals surface area contributed by atoms with Gasteiger partial charge in [0.1, 0.15) is 17.3 Å². The lowest BCUT2D eigenvalue weighted by Crippen LogP contribution is -2.23. The third kappa shape index (κ3) is 5.36. The highest BCUT2D eigenvalue weighted by Gasteiger charge is 2.36. The third-order valence-corrected chi connectivity index (χ3v) is 5.14. The van der Waals surface area contributed by atoms with Gasteiger partial charge in [-0.2, -0.15) is 13.2 Å². The van der Waals surface area contributed by atoms with Gasteiger partial charge in [-0.3, -0.25) is 0 Å². The van der Waals surface area contributed by atoms with Crippen LogP contribution < -0.4 is 5.32 Å². The molecule has 26 heavy (non-hydrogen) atoms. The van der Waals surface area contributed by atoms with Gasteiger partial charge in [0.05, 0.1) is 0 Å². The van der Waals surface area contributed by atoms with Gasteiger partial charge in [-0.05, 0) is 48.4 Å². The van der Waals surface area contributed by atoms with Crippen LogP contribution in [0.15, 0.2) is 46.3 Å². The molecule has 0 heterocycles. The van der Waals surface area contributed by atoms with E-state index in [4.69, 9.17) is 11.6 Å². The largest absolute Gasteiger partial charge is 0.611 e. The van der Waals surface area contributed by atoms with Gasteiger partial charge in [0.15, 0.2) is 4.90 Å². The van der Waals surface area contributed by atoms with Crippen LogP contribution in [0, 0.1) is 12.7 Å². The van der Waals surface area contributed by atoms with Gasteiger partial charge in [-0.15, -0.1) is 0 Å². The summed E-state index contributed by atoms with van der Waals surface area (Å²) in [5.74, 6) is -1.94. The third-order valence-electron chi connectivity index (χ3n) is 3.37. The van der Waals surface area contributed by atoms with Crippen molar-refractivity contribution in [2.75, 3.05) is 12.8 Å². The smallest absolute Gasteiger partial charge is 0.433 e. The number of halogens is 5. The first kappa shape index (κ1) is 20.5. The summed E-state index contributed by atoms with van der Waals surface area (Å²) in [5, 5.41) is 3.31. The number of benzene rings is 2. The zero-order valence-electron chi connectivity index (χ0n) is 13.8. The van der Waals surface area contributed by atoms with Crippen LogP contribution in [0.5, 0.6) is 0 Å². The number of amidine groups is 1. The summed E-state index contributed by atoms with van der Waals surface area (Å²) < 4.78 is 63.7. The normalized spacial score (nSPS) is 13.6. The minimum atomic E-state index is -4.59. The molecule has 0 aliphatic rings. The molecule has 0 saturated heterocycles. The van der Waals surface area contributed by atoms with Gasteiger partial charge in [0.25, 0.3) is 0 Å². The average molecular weight is 407 g/mol. The highest BCUT2D eigenvalue weighted by Crippen LogP contribution is 2.30. The van der Waals surface area contributed by atoms with E-state index >= 15 is 0 Å². The van der Waals surface area contributed by atoms with Crippen LogP contribution in [0.4, 0.5) is 23.2 Å². The molecule has 0 aliphatic carbocycles. The second-order valence-corrected chi connectivity index (χ2v) is 7.25. The second-order valence-electron chi connectivity index (χ2n) is 5.39. The number of aliphatic imine (C=N–C) groups is 1. The van der Waals surface area contributed by atoms with Crippen LogP contribution in [0.3, 0.4) is 0 Å². The monoisotopic (exact) mass is 406 g/mol. The fraction of sp³-hybridized carbons (Fsp3) is 0.235. The van der Waals surface area contributed by atoms with Gasteiger partial charge in [0, 0.05) is 29.3 Å². The molecule has 9 heteroatoms. The molecule has 0 amide bonds. The first-order chi connectivity index (χ1) is 12.1. The number of hydrogen-bond acceptors (Lipinski definition) is 2. The molecule has 2 aromatic carbocycles. The molecule has 1 unspecified atom stereocenters. The fourth-order valence-electron chi connectivity index (χ4n) is 2.19. The molecular formula is C17H15ClF4N2OS. The summed E-state index contributed by atoms with van der Waals surface area (Å²) >= 11 is 3.48. The lowest BCUT2D eigenvalue weighted by Gasteiger charge is -2.15. The lowest BCUT2D eigenvalue weighted by molar-refractivity contribution is -0.106. The predicted molar refractivity (Wildman–Crippen MR) is 95.2 cm³/mol. The van der Waals surface area contributed by atoms with E-state index < -0.39 is 28.9 Å². The van der Waals surface area contributed by atoms with Crippen LogP contribution in [0.1, 0.15) is 11.1 Å². The van der Waals surface area contributed by atoms with E-state index in [0.717, 1.165) is 12.1 Å². The Morgan fingerprint density at radius 2 is 1.85 bits per heavy atom.